The van der Waals surface area contributed by atoms with Crippen LogP contribution in [0.25, 0.3) is 22.3 Å². The van der Waals surface area contributed by atoms with E-state index in [0.717, 1.165) is 17.5 Å². The van der Waals surface area contributed by atoms with Crippen LogP contribution in [0.4, 0.5) is 0 Å². The van der Waals surface area contributed by atoms with Gasteiger partial charge in [0, 0.05) is 14.3 Å². The Bertz CT molecular complexity index is 2690. The first-order valence-electron chi connectivity index (χ1n) is 21.0. The van der Waals surface area contributed by atoms with Crippen LogP contribution in [0, 0.1) is 24.7 Å². The maximum Gasteiger partial charge on any atom is 1.00 e. The quantitative estimate of drug-likeness (QED) is 0.0646. The first-order chi connectivity index (χ1) is 29.5. The van der Waals surface area contributed by atoms with Gasteiger partial charge in [-0.25, -0.2) is 0 Å². The molecule has 1 aliphatic heterocycles. The molecule has 62 heavy (non-hydrogen) atoms. The van der Waals surface area contributed by atoms with Crippen LogP contribution in [0.2, 0.25) is 13.1 Å². The van der Waals surface area contributed by atoms with E-state index in [2.05, 4.69) is 201 Å². The zero-order chi connectivity index (χ0) is 41.3. The Kier molecular flexibility index (Phi) is 17.0. The SMILES string of the molecule is C1=CCC([PH+](CC[PH+](c2ccccc2)c2ccccc2)c2ccccc2)C=C1.[Au+].[Au+].[C-]#Cc1cccc2c1Cc1ccccc1-2.[C-]#Cc1cccc2c1[Si](C)(C)c1ccccc1-2. The second-order valence-electron chi connectivity index (χ2n) is 16.1. The molecule has 0 N–H and O–H groups in total. The summed E-state index contributed by atoms with van der Waals surface area (Å²) >= 11 is 0. The summed E-state index contributed by atoms with van der Waals surface area (Å²) in [5, 5.41) is 7.51. The molecular weight excluding hydrogens is 1170 g/mol. The molecule has 10 rings (SSSR count). The standard InChI is InChI=1S/C26H26P2.C16H13Si.C15H9.2Au/c1-5-13-23(14-6-1)27(24-15-7-2-8-16-24)21-22-28(25-17-9-3-10-18-25)26-19-11-4-12-20-26;1-4-12-8-7-10-14-13-9-5-6-11-15(13)17(2,3)16(12)14;1-2-11-7-5-9-14-13-8-4-3-6-12(13)10-15(11)14;;/h1-19,26H,20-22H2;5-11H,2-3H3;3-9H,10H2;;/q;2*-1;2*+1/p+2. The molecule has 0 fully saturated rings. The van der Waals surface area contributed by atoms with Crippen molar-refractivity contribution in [3.05, 3.63) is 235 Å². The van der Waals surface area contributed by atoms with Gasteiger partial charge in [-0.15, -0.1) is 34.0 Å². The molecule has 0 saturated carbocycles. The summed E-state index contributed by atoms with van der Waals surface area (Å²) in [6.45, 7) is 4.72. The minimum Gasteiger partial charge on any atom is -0.366 e. The summed E-state index contributed by atoms with van der Waals surface area (Å²) in [5.41, 5.74) is 10.4. The molecule has 0 nitrogen and oxygen atoms in total. The Morgan fingerprint density at radius 2 is 1.06 bits per heavy atom. The van der Waals surface area contributed by atoms with Crippen molar-refractivity contribution in [2.24, 2.45) is 0 Å². The van der Waals surface area contributed by atoms with Crippen LogP contribution in [0.1, 0.15) is 28.7 Å². The van der Waals surface area contributed by atoms with E-state index >= 15 is 0 Å². The van der Waals surface area contributed by atoms with Crippen molar-refractivity contribution in [1.82, 2.24) is 0 Å². The van der Waals surface area contributed by atoms with Gasteiger partial charge in [-0.3, -0.25) is 11.8 Å². The third-order valence-corrected chi connectivity index (χ3v) is 22.2. The van der Waals surface area contributed by atoms with Crippen LogP contribution in [-0.4, -0.2) is 26.1 Å². The zero-order valence-electron chi connectivity index (χ0n) is 35.1. The molecular formula is C57H50Au2P2Si+2. The first kappa shape index (κ1) is 47.2. The molecule has 0 amide bonds. The number of fused-ring (bicyclic) bond motifs is 6. The van der Waals surface area contributed by atoms with Crippen LogP contribution in [0.15, 0.2) is 200 Å². The Balaban J connectivity index is 0.000000162. The summed E-state index contributed by atoms with van der Waals surface area (Å²) in [7, 11) is -3.03. The molecule has 312 valence electrons. The van der Waals surface area contributed by atoms with Gasteiger partial charge in [0.25, 0.3) is 0 Å². The van der Waals surface area contributed by atoms with Gasteiger partial charge in [0.15, 0.2) is 0 Å². The molecule has 3 aliphatic rings. The second-order valence-corrected chi connectivity index (χ2v) is 25.8. The average Bonchev–Trinajstić information content (AvgIpc) is 3.81. The smallest absolute Gasteiger partial charge is 0.366 e. The van der Waals surface area contributed by atoms with Crippen LogP contribution in [0.5, 0.6) is 0 Å². The normalized spacial score (nSPS) is 14.6. The monoisotopic (exact) mass is 1220 g/mol. The van der Waals surface area contributed by atoms with Crippen LogP contribution in [-0.2, 0) is 51.2 Å². The molecule has 0 bridgehead atoms. The van der Waals surface area contributed by atoms with Gasteiger partial charge in [-0.1, -0.05) is 159 Å². The van der Waals surface area contributed by atoms with E-state index in [1.165, 1.54) is 73.1 Å². The van der Waals surface area contributed by atoms with E-state index in [1.54, 1.807) is 5.30 Å². The van der Waals surface area contributed by atoms with E-state index in [1.807, 2.05) is 24.3 Å². The second kappa shape index (κ2) is 22.4. The number of rotatable bonds is 7. The molecule has 5 heteroatoms. The third kappa shape index (κ3) is 10.4. The topological polar surface area (TPSA) is 0 Å². The fraction of sp³-hybridized carbons (Fsp3) is 0.123. The van der Waals surface area contributed by atoms with E-state index in [9.17, 15) is 0 Å². The van der Waals surface area contributed by atoms with Crippen molar-refractivity contribution >= 4 is 50.2 Å². The van der Waals surface area contributed by atoms with E-state index in [-0.39, 0.29) is 44.8 Å². The molecule has 2 unspecified atom stereocenters. The van der Waals surface area contributed by atoms with Crippen molar-refractivity contribution in [2.45, 2.75) is 31.6 Å². The van der Waals surface area contributed by atoms with Gasteiger partial charge >= 0.3 is 44.8 Å². The molecule has 7 aromatic carbocycles. The van der Waals surface area contributed by atoms with E-state index in [4.69, 9.17) is 12.8 Å². The Hall–Kier alpha value is -4.30. The van der Waals surface area contributed by atoms with Crippen LogP contribution in [0.3, 0.4) is 0 Å². The summed E-state index contributed by atoms with van der Waals surface area (Å²) in [5.74, 6) is 5.11. The van der Waals surface area contributed by atoms with Gasteiger partial charge in [-0.05, 0) is 81.9 Å². The van der Waals surface area contributed by atoms with Gasteiger partial charge in [-0.2, -0.15) is 0 Å². The molecule has 7 aromatic rings. The van der Waals surface area contributed by atoms with Gasteiger partial charge in [0.2, 0.25) is 0 Å². The predicted molar refractivity (Wildman–Crippen MR) is 267 cm³/mol. The number of benzene rings is 7. The van der Waals surface area contributed by atoms with E-state index < -0.39 is 23.9 Å². The average molecular weight is 1220 g/mol. The summed E-state index contributed by atoms with van der Waals surface area (Å²) in [6, 6.07) is 63.0. The Labute approximate surface area is 405 Å². The largest absolute Gasteiger partial charge is 1.00 e. The molecule has 2 atom stereocenters. The Morgan fingerprint density at radius 3 is 1.68 bits per heavy atom. The van der Waals surface area contributed by atoms with Crippen LogP contribution < -0.4 is 26.3 Å². The molecule has 2 aliphatic carbocycles. The number of hydrogen-bond donors (Lipinski definition) is 0. The molecule has 0 spiro atoms. The minimum atomic E-state index is -1.63. The maximum atomic E-state index is 7.47. The van der Waals surface area contributed by atoms with E-state index in [0.29, 0.717) is 5.66 Å². The van der Waals surface area contributed by atoms with Crippen molar-refractivity contribution < 1.29 is 44.8 Å². The minimum absolute atomic E-state index is 0. The molecule has 0 radical (unpaired) electrons. The van der Waals surface area contributed by atoms with Crippen LogP contribution >= 0.6 is 15.8 Å². The van der Waals surface area contributed by atoms with Crippen molar-refractivity contribution in [1.29, 1.82) is 0 Å². The van der Waals surface area contributed by atoms with Gasteiger partial charge in [0.05, 0.1) is 43.7 Å². The Morgan fingerprint density at radius 1 is 0.532 bits per heavy atom. The predicted octanol–water partition coefficient (Wildman–Crippen LogP) is 10.9. The van der Waals surface area contributed by atoms with Crippen molar-refractivity contribution in [3.8, 4) is 34.1 Å². The molecule has 0 saturated heterocycles. The van der Waals surface area contributed by atoms with Crippen molar-refractivity contribution in [2.75, 3.05) is 12.3 Å². The zero-order valence-corrected chi connectivity index (χ0v) is 42.4. The number of allylic oxidation sites excluding steroid dienone is 4. The van der Waals surface area contributed by atoms with Gasteiger partial charge in [0.1, 0.15) is 6.16 Å². The fourth-order valence-electron chi connectivity index (χ4n) is 9.26. The fourth-order valence-corrected chi connectivity index (χ4v) is 19.3. The maximum absolute atomic E-state index is 7.47. The first-order valence-corrected chi connectivity index (χ1v) is 27.5. The molecule has 0 aromatic heterocycles. The summed E-state index contributed by atoms with van der Waals surface area (Å²) in [4.78, 5) is 0. The molecule has 1 heterocycles. The summed E-state index contributed by atoms with van der Waals surface area (Å²) < 4.78 is 0. The number of hydrogen-bond acceptors (Lipinski definition) is 0. The third-order valence-electron chi connectivity index (χ3n) is 12.2. The van der Waals surface area contributed by atoms with Gasteiger partial charge < -0.3 is 12.8 Å². The van der Waals surface area contributed by atoms with Crippen molar-refractivity contribution in [3.63, 3.8) is 0 Å². The summed E-state index contributed by atoms with van der Waals surface area (Å²) in [6.07, 6.45) is 28.8.